The minimum absolute atomic E-state index is 0.363. The van der Waals surface area contributed by atoms with E-state index in [9.17, 15) is 0 Å². The normalized spacial score (nSPS) is 13.2. The summed E-state index contributed by atoms with van der Waals surface area (Å²) in [5, 5.41) is 0. The first-order valence-corrected chi connectivity index (χ1v) is 4.67. The van der Waals surface area contributed by atoms with Crippen molar-refractivity contribution in [2.24, 2.45) is 5.92 Å². The standard InChI is InChI=1S/C12H20/c1-5-7-8-9-10-12(6-2)11(3)4/h6,9-10,12H,2-3,5,7-8H2,1,4H3/b10-9+. The molecule has 0 N–H and O–H groups in total. The van der Waals surface area contributed by atoms with Crippen LogP contribution >= 0.6 is 0 Å². The molecular formula is C12H20. The van der Waals surface area contributed by atoms with Crippen LogP contribution in [0.4, 0.5) is 0 Å². The van der Waals surface area contributed by atoms with E-state index in [0.717, 1.165) is 5.57 Å². The van der Waals surface area contributed by atoms with Crippen molar-refractivity contribution in [2.75, 3.05) is 0 Å². The van der Waals surface area contributed by atoms with Crippen LogP contribution in [0.15, 0.2) is 37.0 Å². The Morgan fingerprint density at radius 3 is 2.58 bits per heavy atom. The summed E-state index contributed by atoms with van der Waals surface area (Å²) in [4.78, 5) is 0. The molecule has 12 heavy (non-hydrogen) atoms. The van der Waals surface area contributed by atoms with Crippen LogP contribution in [0.5, 0.6) is 0 Å². The predicted octanol–water partition coefficient (Wildman–Crippen LogP) is 4.11. The van der Waals surface area contributed by atoms with Crippen LogP contribution in [0.25, 0.3) is 0 Å². The zero-order valence-corrected chi connectivity index (χ0v) is 8.34. The van der Waals surface area contributed by atoms with Gasteiger partial charge in [0.2, 0.25) is 0 Å². The van der Waals surface area contributed by atoms with E-state index in [4.69, 9.17) is 0 Å². The van der Waals surface area contributed by atoms with Crippen molar-refractivity contribution in [2.45, 2.75) is 33.1 Å². The summed E-state index contributed by atoms with van der Waals surface area (Å²) in [6.45, 7) is 11.9. The fourth-order valence-electron chi connectivity index (χ4n) is 1.01. The number of hydrogen-bond acceptors (Lipinski definition) is 0. The minimum atomic E-state index is 0.363. The lowest BCUT2D eigenvalue weighted by molar-refractivity contribution is 0.808. The largest absolute Gasteiger partial charge is 0.102 e. The van der Waals surface area contributed by atoms with Crippen LogP contribution in [-0.2, 0) is 0 Å². The summed E-state index contributed by atoms with van der Waals surface area (Å²) < 4.78 is 0. The molecule has 0 aliphatic heterocycles. The molecule has 0 nitrogen and oxygen atoms in total. The summed E-state index contributed by atoms with van der Waals surface area (Å²) in [6, 6.07) is 0. The van der Waals surface area contributed by atoms with E-state index in [0.29, 0.717) is 5.92 Å². The van der Waals surface area contributed by atoms with E-state index >= 15 is 0 Å². The second-order valence-corrected chi connectivity index (χ2v) is 3.18. The Bertz CT molecular complexity index is 163. The molecule has 0 saturated heterocycles. The Labute approximate surface area is 76.7 Å². The molecule has 0 radical (unpaired) electrons. The molecule has 1 unspecified atom stereocenters. The third kappa shape index (κ3) is 4.95. The van der Waals surface area contributed by atoms with Crippen LogP contribution in [0.3, 0.4) is 0 Å². The van der Waals surface area contributed by atoms with E-state index in [1.807, 2.05) is 13.0 Å². The molecular weight excluding hydrogens is 144 g/mol. The second kappa shape index (κ2) is 6.90. The Balaban J connectivity index is 3.77. The third-order valence-corrected chi connectivity index (χ3v) is 1.89. The van der Waals surface area contributed by atoms with Gasteiger partial charge < -0.3 is 0 Å². The molecule has 0 amide bonds. The second-order valence-electron chi connectivity index (χ2n) is 3.18. The molecule has 0 aliphatic carbocycles. The van der Waals surface area contributed by atoms with Gasteiger partial charge in [0.1, 0.15) is 0 Å². The van der Waals surface area contributed by atoms with Crippen molar-refractivity contribution in [3.8, 4) is 0 Å². The molecule has 0 aliphatic rings. The van der Waals surface area contributed by atoms with Crippen molar-refractivity contribution in [3.05, 3.63) is 37.0 Å². The van der Waals surface area contributed by atoms with E-state index in [1.165, 1.54) is 19.3 Å². The van der Waals surface area contributed by atoms with Gasteiger partial charge in [-0.25, -0.2) is 0 Å². The van der Waals surface area contributed by atoms with Crippen LogP contribution in [0.2, 0.25) is 0 Å². The van der Waals surface area contributed by atoms with Gasteiger partial charge in [-0.3, -0.25) is 0 Å². The zero-order chi connectivity index (χ0) is 9.40. The molecule has 68 valence electrons. The van der Waals surface area contributed by atoms with Gasteiger partial charge in [0.25, 0.3) is 0 Å². The van der Waals surface area contributed by atoms with Crippen LogP contribution in [0.1, 0.15) is 33.1 Å². The highest BCUT2D eigenvalue weighted by Gasteiger charge is 1.96. The molecule has 1 atom stereocenters. The molecule has 0 rings (SSSR count). The molecule has 0 bridgehead atoms. The topological polar surface area (TPSA) is 0 Å². The maximum Gasteiger partial charge on any atom is 0.0149 e. The first-order valence-electron chi connectivity index (χ1n) is 4.67. The van der Waals surface area contributed by atoms with Gasteiger partial charge in [-0.05, 0) is 13.3 Å². The minimum Gasteiger partial charge on any atom is -0.102 e. The van der Waals surface area contributed by atoms with Gasteiger partial charge in [0.15, 0.2) is 0 Å². The lowest BCUT2D eigenvalue weighted by Gasteiger charge is -2.04. The fraction of sp³-hybridized carbons (Fsp3) is 0.500. The molecule has 0 spiro atoms. The lowest BCUT2D eigenvalue weighted by Crippen LogP contribution is -1.90. The van der Waals surface area contributed by atoms with Gasteiger partial charge in [-0.15, -0.1) is 6.58 Å². The zero-order valence-electron chi connectivity index (χ0n) is 8.34. The third-order valence-electron chi connectivity index (χ3n) is 1.89. The molecule has 0 saturated carbocycles. The maximum absolute atomic E-state index is 3.90. The Morgan fingerprint density at radius 2 is 2.17 bits per heavy atom. The van der Waals surface area contributed by atoms with E-state index in [-0.39, 0.29) is 0 Å². The lowest BCUT2D eigenvalue weighted by atomic mass is 10.0. The summed E-state index contributed by atoms with van der Waals surface area (Å²) in [7, 11) is 0. The molecule has 0 heteroatoms. The fourth-order valence-corrected chi connectivity index (χ4v) is 1.01. The SMILES string of the molecule is C=CC(/C=C/CCCC)C(=C)C. The Hall–Kier alpha value is -0.780. The highest BCUT2D eigenvalue weighted by molar-refractivity contribution is 5.13. The first kappa shape index (κ1) is 11.2. The summed E-state index contributed by atoms with van der Waals surface area (Å²) in [5.74, 6) is 0.363. The highest BCUT2D eigenvalue weighted by atomic mass is 14.0. The smallest absolute Gasteiger partial charge is 0.0149 e. The van der Waals surface area contributed by atoms with E-state index in [1.54, 1.807) is 0 Å². The quantitative estimate of drug-likeness (QED) is 0.409. The molecule has 0 aromatic carbocycles. The Morgan fingerprint density at radius 1 is 1.50 bits per heavy atom. The number of rotatable bonds is 6. The van der Waals surface area contributed by atoms with Gasteiger partial charge in [-0.2, -0.15) is 0 Å². The van der Waals surface area contributed by atoms with Crippen LogP contribution in [0, 0.1) is 5.92 Å². The summed E-state index contributed by atoms with van der Waals surface area (Å²) in [5.41, 5.74) is 1.16. The van der Waals surface area contributed by atoms with E-state index < -0.39 is 0 Å². The number of unbranched alkanes of at least 4 members (excludes halogenated alkanes) is 2. The predicted molar refractivity (Wildman–Crippen MR) is 57.2 cm³/mol. The van der Waals surface area contributed by atoms with Gasteiger partial charge in [-0.1, -0.05) is 50.1 Å². The Kier molecular flexibility index (Phi) is 6.45. The summed E-state index contributed by atoms with van der Waals surface area (Å²) in [6.07, 6.45) is 10.1. The molecule has 0 aromatic heterocycles. The monoisotopic (exact) mass is 164 g/mol. The van der Waals surface area contributed by atoms with Gasteiger partial charge >= 0.3 is 0 Å². The van der Waals surface area contributed by atoms with E-state index in [2.05, 4.69) is 32.2 Å². The molecule has 0 aromatic rings. The number of allylic oxidation sites excluding steroid dienone is 4. The average molecular weight is 164 g/mol. The highest BCUT2D eigenvalue weighted by Crippen LogP contribution is 2.11. The summed E-state index contributed by atoms with van der Waals surface area (Å²) >= 11 is 0. The van der Waals surface area contributed by atoms with Gasteiger partial charge in [0.05, 0.1) is 0 Å². The van der Waals surface area contributed by atoms with Crippen molar-refractivity contribution in [1.82, 2.24) is 0 Å². The average Bonchev–Trinajstić information content (AvgIpc) is 2.04. The van der Waals surface area contributed by atoms with Crippen molar-refractivity contribution >= 4 is 0 Å². The van der Waals surface area contributed by atoms with Crippen molar-refractivity contribution < 1.29 is 0 Å². The van der Waals surface area contributed by atoms with Crippen LogP contribution in [-0.4, -0.2) is 0 Å². The van der Waals surface area contributed by atoms with Crippen molar-refractivity contribution in [3.63, 3.8) is 0 Å². The maximum atomic E-state index is 3.90. The molecule has 0 fully saturated rings. The van der Waals surface area contributed by atoms with Crippen molar-refractivity contribution in [1.29, 1.82) is 0 Å². The molecule has 0 heterocycles. The number of hydrogen-bond donors (Lipinski definition) is 0. The first-order chi connectivity index (χ1) is 5.72. The van der Waals surface area contributed by atoms with Crippen LogP contribution < -0.4 is 0 Å². The van der Waals surface area contributed by atoms with Gasteiger partial charge in [0, 0.05) is 5.92 Å².